The first-order valence-electron chi connectivity index (χ1n) is 8.54. The molecule has 0 amide bonds. The largest absolute Gasteiger partial charge is 0.417 e. The fraction of sp³-hybridized carbons (Fsp3) is 0.263. The van der Waals surface area contributed by atoms with Crippen molar-refractivity contribution in [1.82, 2.24) is 4.31 Å². The Morgan fingerprint density at radius 1 is 0.897 bits per heavy atom. The first-order valence-corrected chi connectivity index (χ1v) is 9.98. The molecule has 0 radical (unpaired) electrons. The zero-order valence-electron chi connectivity index (χ0n) is 15.0. The second kappa shape index (κ2) is 7.74. The Hall–Kier alpha value is -3.08. The van der Waals surface area contributed by atoms with Gasteiger partial charge in [0, 0.05) is 31.9 Å². The monoisotopic (exact) mass is 420 g/mol. The van der Waals surface area contributed by atoms with Crippen LogP contribution in [0.3, 0.4) is 0 Å². The van der Waals surface area contributed by atoms with Crippen LogP contribution in [0, 0.1) is 22.7 Å². The van der Waals surface area contributed by atoms with Gasteiger partial charge in [0.05, 0.1) is 27.7 Å². The van der Waals surface area contributed by atoms with Gasteiger partial charge in [-0.05, 0) is 30.3 Å². The number of nitriles is 2. The summed E-state index contributed by atoms with van der Waals surface area (Å²) in [4.78, 5) is 1.55. The van der Waals surface area contributed by atoms with Crippen LogP contribution in [0.2, 0.25) is 0 Å². The van der Waals surface area contributed by atoms with E-state index in [2.05, 4.69) is 0 Å². The molecule has 0 spiro atoms. The number of sulfonamides is 1. The fourth-order valence-electron chi connectivity index (χ4n) is 3.17. The highest BCUT2D eigenvalue weighted by atomic mass is 32.2. The molecule has 0 saturated carbocycles. The number of benzene rings is 2. The number of nitrogens with zero attached hydrogens (tertiary/aromatic N) is 4. The minimum absolute atomic E-state index is 0.0387. The van der Waals surface area contributed by atoms with Gasteiger partial charge in [-0.3, -0.25) is 0 Å². The maximum atomic E-state index is 13.2. The van der Waals surface area contributed by atoms with E-state index in [9.17, 15) is 21.6 Å². The molecule has 10 heteroatoms. The molecule has 1 aliphatic rings. The van der Waals surface area contributed by atoms with Crippen molar-refractivity contribution in [2.75, 3.05) is 31.1 Å². The van der Waals surface area contributed by atoms with E-state index in [0.717, 1.165) is 12.1 Å². The number of hydrogen-bond acceptors (Lipinski definition) is 5. The summed E-state index contributed by atoms with van der Waals surface area (Å²) in [5.41, 5.74) is -1.17. The van der Waals surface area contributed by atoms with Gasteiger partial charge < -0.3 is 4.90 Å². The molecule has 0 unspecified atom stereocenters. The Kier molecular flexibility index (Phi) is 5.51. The Morgan fingerprint density at radius 2 is 1.52 bits per heavy atom. The Balaban J connectivity index is 1.81. The van der Waals surface area contributed by atoms with Crippen molar-refractivity contribution in [3.63, 3.8) is 0 Å². The normalized spacial score (nSPS) is 15.6. The quantitative estimate of drug-likeness (QED) is 0.762. The van der Waals surface area contributed by atoms with E-state index in [1.165, 1.54) is 34.6 Å². The predicted molar refractivity (Wildman–Crippen MR) is 98.3 cm³/mol. The van der Waals surface area contributed by atoms with Gasteiger partial charge in [-0.1, -0.05) is 12.1 Å². The lowest BCUT2D eigenvalue weighted by Crippen LogP contribution is -2.48. The fourth-order valence-corrected chi connectivity index (χ4v) is 4.73. The standard InChI is InChI=1S/C19H15F3N4O2S/c20-19(21,22)17-11-16(6-5-14(17)12-23)25-7-9-26(10-8-25)29(27,28)18-4-2-1-3-15(18)13-24/h1-6,11H,7-10H2. The molecule has 1 heterocycles. The lowest BCUT2D eigenvalue weighted by Gasteiger charge is -2.35. The number of piperazine rings is 1. The van der Waals surface area contributed by atoms with E-state index in [4.69, 9.17) is 10.5 Å². The van der Waals surface area contributed by atoms with E-state index in [1.54, 1.807) is 11.0 Å². The van der Waals surface area contributed by atoms with Crippen LogP contribution in [0.4, 0.5) is 18.9 Å². The molecule has 0 N–H and O–H groups in total. The lowest BCUT2D eigenvalue weighted by atomic mass is 10.1. The summed E-state index contributed by atoms with van der Waals surface area (Å²) in [5.74, 6) is 0. The number of halogens is 3. The van der Waals surface area contributed by atoms with Crippen LogP contribution >= 0.6 is 0 Å². The molecule has 2 aromatic carbocycles. The minimum atomic E-state index is -4.66. The molecule has 1 fully saturated rings. The van der Waals surface area contributed by atoms with Crippen LogP contribution in [-0.2, 0) is 16.2 Å². The van der Waals surface area contributed by atoms with Crippen LogP contribution < -0.4 is 4.90 Å². The third kappa shape index (κ3) is 4.04. The summed E-state index contributed by atoms with van der Waals surface area (Å²) in [6.45, 7) is 0.473. The van der Waals surface area contributed by atoms with E-state index in [1.807, 2.05) is 6.07 Å². The molecular formula is C19H15F3N4O2S. The van der Waals surface area contributed by atoms with Crippen molar-refractivity contribution in [2.24, 2.45) is 0 Å². The Labute approximate surface area is 166 Å². The van der Waals surface area contributed by atoms with E-state index in [0.29, 0.717) is 0 Å². The summed E-state index contributed by atoms with van der Waals surface area (Å²) in [7, 11) is -3.89. The van der Waals surface area contributed by atoms with Gasteiger partial charge in [0.25, 0.3) is 0 Å². The highest BCUT2D eigenvalue weighted by Gasteiger charge is 2.35. The van der Waals surface area contributed by atoms with E-state index in [-0.39, 0.29) is 42.3 Å². The first-order chi connectivity index (χ1) is 13.7. The average Bonchev–Trinajstić information content (AvgIpc) is 2.72. The van der Waals surface area contributed by atoms with Crippen LogP contribution in [0.25, 0.3) is 0 Å². The molecular weight excluding hydrogens is 405 g/mol. The van der Waals surface area contributed by atoms with Gasteiger partial charge in [0.2, 0.25) is 10.0 Å². The molecule has 0 atom stereocenters. The second-order valence-electron chi connectivity index (χ2n) is 6.34. The van der Waals surface area contributed by atoms with Crippen molar-refractivity contribution in [1.29, 1.82) is 10.5 Å². The molecule has 150 valence electrons. The summed E-state index contributed by atoms with van der Waals surface area (Å²) >= 11 is 0. The summed E-state index contributed by atoms with van der Waals surface area (Å²) in [6.07, 6.45) is -4.66. The first kappa shape index (κ1) is 20.6. The maximum absolute atomic E-state index is 13.2. The van der Waals surface area contributed by atoms with E-state index < -0.39 is 27.3 Å². The highest BCUT2D eigenvalue weighted by Crippen LogP contribution is 2.35. The average molecular weight is 420 g/mol. The number of anilines is 1. The predicted octanol–water partition coefficient (Wildman–Crippen LogP) is 2.96. The molecule has 0 bridgehead atoms. The van der Waals surface area contributed by atoms with Gasteiger partial charge >= 0.3 is 6.18 Å². The van der Waals surface area contributed by atoms with Gasteiger partial charge in [-0.2, -0.15) is 28.0 Å². The molecule has 3 rings (SSSR count). The lowest BCUT2D eigenvalue weighted by molar-refractivity contribution is -0.137. The third-order valence-corrected chi connectivity index (χ3v) is 6.61. The molecule has 1 saturated heterocycles. The third-order valence-electron chi connectivity index (χ3n) is 4.66. The minimum Gasteiger partial charge on any atom is -0.369 e. The smallest absolute Gasteiger partial charge is 0.369 e. The van der Waals surface area contributed by atoms with Gasteiger partial charge in [0.15, 0.2) is 0 Å². The van der Waals surface area contributed by atoms with Crippen LogP contribution in [-0.4, -0.2) is 38.9 Å². The molecule has 0 aromatic heterocycles. The number of alkyl halides is 3. The number of hydrogen-bond donors (Lipinski definition) is 0. The summed E-state index contributed by atoms with van der Waals surface area (Å²) in [5, 5.41) is 18.0. The topological polar surface area (TPSA) is 88.2 Å². The summed E-state index contributed by atoms with van der Waals surface area (Å²) < 4.78 is 66.4. The van der Waals surface area contributed by atoms with Crippen LogP contribution in [0.1, 0.15) is 16.7 Å². The molecule has 6 nitrogen and oxygen atoms in total. The van der Waals surface area contributed by atoms with Crippen molar-refractivity contribution in [2.45, 2.75) is 11.1 Å². The maximum Gasteiger partial charge on any atom is 0.417 e. The van der Waals surface area contributed by atoms with Crippen molar-refractivity contribution < 1.29 is 21.6 Å². The van der Waals surface area contributed by atoms with E-state index >= 15 is 0 Å². The summed E-state index contributed by atoms with van der Waals surface area (Å²) in [6, 6.07) is 12.7. The van der Waals surface area contributed by atoms with Gasteiger partial charge in [-0.25, -0.2) is 8.42 Å². The molecule has 2 aromatic rings. The van der Waals surface area contributed by atoms with Crippen molar-refractivity contribution in [3.05, 3.63) is 59.2 Å². The molecule has 0 aliphatic carbocycles. The van der Waals surface area contributed by atoms with Crippen LogP contribution in [0.5, 0.6) is 0 Å². The zero-order valence-corrected chi connectivity index (χ0v) is 15.8. The SMILES string of the molecule is N#Cc1ccc(N2CCN(S(=O)(=O)c3ccccc3C#N)CC2)cc1C(F)(F)F. The second-order valence-corrected chi connectivity index (χ2v) is 8.24. The van der Waals surface area contributed by atoms with Gasteiger partial charge in [0.1, 0.15) is 6.07 Å². The molecule has 29 heavy (non-hydrogen) atoms. The van der Waals surface area contributed by atoms with Gasteiger partial charge in [-0.15, -0.1) is 0 Å². The van der Waals surface area contributed by atoms with Crippen molar-refractivity contribution in [3.8, 4) is 12.1 Å². The zero-order chi connectivity index (χ0) is 21.2. The van der Waals surface area contributed by atoms with Crippen molar-refractivity contribution >= 4 is 15.7 Å². The Bertz CT molecular complexity index is 1110. The van der Waals surface area contributed by atoms with Crippen LogP contribution in [0.15, 0.2) is 47.4 Å². The molecule has 1 aliphatic heterocycles. The highest BCUT2D eigenvalue weighted by molar-refractivity contribution is 7.89. The number of rotatable bonds is 3. The Morgan fingerprint density at radius 3 is 2.10 bits per heavy atom.